The summed E-state index contributed by atoms with van der Waals surface area (Å²) in [6, 6.07) is 8.85. The summed E-state index contributed by atoms with van der Waals surface area (Å²) in [5.74, 6) is -0.179. The van der Waals surface area contributed by atoms with Gasteiger partial charge in [0.2, 0.25) is 15.7 Å². The number of carbonyl (C=O) groups is 1. The molecule has 116 valence electrons. The maximum Gasteiger partial charge on any atom is 0.272 e. The molecule has 1 aliphatic heterocycles. The Labute approximate surface area is 127 Å². The number of tetrazole rings is 1. The lowest BCUT2D eigenvalue weighted by molar-refractivity contribution is -0.134. The number of amides is 1. The van der Waals surface area contributed by atoms with E-state index in [1.165, 1.54) is 11.6 Å². The van der Waals surface area contributed by atoms with E-state index in [1.54, 1.807) is 29.2 Å². The molecule has 1 aromatic heterocycles. The number of benzene rings is 1. The number of sulfone groups is 1. The summed E-state index contributed by atoms with van der Waals surface area (Å²) < 4.78 is 26.2. The minimum Gasteiger partial charge on any atom is -0.342 e. The molecule has 0 aliphatic carbocycles. The van der Waals surface area contributed by atoms with Gasteiger partial charge >= 0.3 is 0 Å². The number of hydrogen-bond acceptors (Lipinski definition) is 6. The van der Waals surface area contributed by atoms with Crippen molar-refractivity contribution < 1.29 is 13.2 Å². The van der Waals surface area contributed by atoms with E-state index >= 15 is 0 Å². The summed E-state index contributed by atoms with van der Waals surface area (Å²) in [4.78, 5) is 12.8. The molecule has 0 bridgehead atoms. The minimum atomic E-state index is -3.62. The molecule has 0 radical (unpaired) electrons. The number of nitrogens with zero attached hydrogens (tertiary/aromatic N) is 5. The molecule has 1 aromatic carbocycles. The monoisotopic (exact) mass is 321 g/mol. The van der Waals surface area contributed by atoms with Gasteiger partial charge in [-0.15, -0.1) is 0 Å². The smallest absolute Gasteiger partial charge is 0.272 e. The van der Waals surface area contributed by atoms with Crippen molar-refractivity contribution in [3.63, 3.8) is 0 Å². The average Bonchev–Trinajstić information content (AvgIpc) is 2.93. The molecule has 8 nitrogen and oxygen atoms in total. The van der Waals surface area contributed by atoms with Crippen molar-refractivity contribution in [2.24, 2.45) is 5.92 Å². The molecule has 1 fully saturated rings. The normalized spacial score (nSPS) is 15.6. The average molecular weight is 321 g/mol. The van der Waals surface area contributed by atoms with Crippen molar-refractivity contribution in [1.82, 2.24) is 25.1 Å². The summed E-state index contributed by atoms with van der Waals surface area (Å²) in [5, 5.41) is 10.7. The first-order valence-electron chi connectivity index (χ1n) is 6.79. The van der Waals surface area contributed by atoms with Crippen LogP contribution in [0.2, 0.25) is 0 Å². The molecule has 1 aliphatic rings. The van der Waals surface area contributed by atoms with Gasteiger partial charge in [-0.25, -0.2) is 8.42 Å². The molecule has 0 N–H and O–H groups in total. The second kappa shape index (κ2) is 5.48. The molecule has 1 amide bonds. The first-order chi connectivity index (χ1) is 10.5. The Morgan fingerprint density at radius 3 is 2.59 bits per heavy atom. The molecule has 0 saturated carbocycles. The Morgan fingerprint density at radius 2 is 1.95 bits per heavy atom. The Hall–Kier alpha value is -2.29. The second-order valence-corrected chi connectivity index (χ2v) is 7.21. The van der Waals surface area contributed by atoms with Gasteiger partial charge in [0, 0.05) is 25.9 Å². The van der Waals surface area contributed by atoms with E-state index in [1.807, 2.05) is 6.07 Å². The van der Waals surface area contributed by atoms with E-state index in [0.29, 0.717) is 18.8 Å². The van der Waals surface area contributed by atoms with Crippen molar-refractivity contribution in [2.75, 3.05) is 18.8 Å². The predicted molar refractivity (Wildman–Crippen MR) is 77.0 cm³/mol. The van der Waals surface area contributed by atoms with Crippen LogP contribution < -0.4 is 0 Å². The van der Waals surface area contributed by atoms with Crippen molar-refractivity contribution >= 4 is 15.7 Å². The highest BCUT2D eigenvalue weighted by Crippen LogP contribution is 2.21. The van der Waals surface area contributed by atoms with Crippen molar-refractivity contribution in [2.45, 2.75) is 12.1 Å². The minimum absolute atomic E-state index is 0.0391. The molecule has 0 unspecified atom stereocenters. The highest BCUT2D eigenvalue weighted by atomic mass is 32.2. The molecular formula is C13H15N5O3S. The van der Waals surface area contributed by atoms with Gasteiger partial charge in [-0.2, -0.15) is 4.68 Å². The predicted octanol–water partition coefficient (Wildman–Crippen LogP) is -0.0857. The van der Waals surface area contributed by atoms with Crippen molar-refractivity contribution in [1.29, 1.82) is 0 Å². The van der Waals surface area contributed by atoms with Gasteiger partial charge in [-0.05, 0) is 22.6 Å². The number of likely N-dealkylation sites (tertiary alicyclic amines) is 1. The van der Waals surface area contributed by atoms with Crippen LogP contribution in [0.1, 0.15) is 6.92 Å². The van der Waals surface area contributed by atoms with Crippen LogP contribution in [0, 0.1) is 5.92 Å². The topological polar surface area (TPSA) is 98.1 Å². The number of rotatable bonds is 4. The fraction of sp³-hybridized carbons (Fsp3) is 0.385. The molecule has 2 heterocycles. The molecule has 9 heteroatoms. The Bertz CT molecular complexity index is 781. The van der Waals surface area contributed by atoms with Crippen LogP contribution >= 0.6 is 0 Å². The van der Waals surface area contributed by atoms with E-state index in [2.05, 4.69) is 15.5 Å². The lowest BCUT2D eigenvalue weighted by Crippen LogP contribution is -2.51. The Kier molecular flexibility index (Phi) is 3.65. The van der Waals surface area contributed by atoms with Crippen LogP contribution in [0.25, 0.3) is 5.69 Å². The largest absolute Gasteiger partial charge is 0.342 e. The third-order valence-corrected chi connectivity index (χ3v) is 5.30. The Balaban J connectivity index is 1.80. The third-order valence-electron chi connectivity index (χ3n) is 3.58. The lowest BCUT2D eigenvalue weighted by Gasteiger charge is -2.38. The standard InChI is InChI=1S/C13H15N5O3S/c1-10(19)17-7-11(8-17)9-22(20,21)13-14-15-16-18(13)12-5-3-2-4-6-12/h2-6,11H,7-9H2,1H3. The summed E-state index contributed by atoms with van der Waals surface area (Å²) >= 11 is 0. The zero-order valence-electron chi connectivity index (χ0n) is 12.0. The zero-order chi connectivity index (χ0) is 15.7. The summed E-state index contributed by atoms with van der Waals surface area (Å²) in [6.07, 6.45) is 0. The van der Waals surface area contributed by atoms with Gasteiger partial charge in [0.15, 0.2) is 0 Å². The van der Waals surface area contributed by atoms with Crippen LogP contribution in [0.15, 0.2) is 35.5 Å². The van der Waals surface area contributed by atoms with Crippen LogP contribution in [0.4, 0.5) is 0 Å². The molecular weight excluding hydrogens is 306 g/mol. The van der Waals surface area contributed by atoms with Gasteiger partial charge < -0.3 is 4.90 Å². The van der Waals surface area contributed by atoms with Gasteiger partial charge in [-0.1, -0.05) is 23.3 Å². The van der Waals surface area contributed by atoms with E-state index < -0.39 is 9.84 Å². The number of aromatic nitrogens is 4. The number of carbonyl (C=O) groups excluding carboxylic acids is 1. The third kappa shape index (κ3) is 2.71. The Morgan fingerprint density at radius 1 is 1.27 bits per heavy atom. The molecule has 2 aromatic rings. The van der Waals surface area contributed by atoms with Crippen LogP contribution in [0.5, 0.6) is 0 Å². The highest BCUT2D eigenvalue weighted by Gasteiger charge is 2.35. The van der Waals surface area contributed by atoms with Crippen molar-refractivity contribution in [3.05, 3.63) is 30.3 Å². The maximum atomic E-state index is 12.5. The maximum absolute atomic E-state index is 12.5. The van der Waals surface area contributed by atoms with E-state index in [-0.39, 0.29) is 22.7 Å². The molecule has 22 heavy (non-hydrogen) atoms. The number of para-hydroxylation sites is 1. The summed E-state index contributed by atoms with van der Waals surface area (Å²) in [7, 11) is -3.62. The second-order valence-electron chi connectivity index (χ2n) is 5.28. The van der Waals surface area contributed by atoms with E-state index in [4.69, 9.17) is 0 Å². The highest BCUT2D eigenvalue weighted by molar-refractivity contribution is 7.91. The van der Waals surface area contributed by atoms with E-state index in [9.17, 15) is 13.2 Å². The van der Waals surface area contributed by atoms with Gasteiger partial charge in [-0.3, -0.25) is 4.79 Å². The first kappa shape index (κ1) is 14.6. The van der Waals surface area contributed by atoms with Crippen LogP contribution in [0.3, 0.4) is 0 Å². The van der Waals surface area contributed by atoms with Crippen LogP contribution in [-0.2, 0) is 14.6 Å². The molecule has 3 rings (SSSR count). The van der Waals surface area contributed by atoms with Gasteiger partial charge in [0.1, 0.15) is 0 Å². The number of hydrogen-bond donors (Lipinski definition) is 0. The summed E-state index contributed by atoms with van der Waals surface area (Å²) in [5.41, 5.74) is 0.588. The summed E-state index contributed by atoms with van der Waals surface area (Å²) in [6.45, 7) is 2.39. The van der Waals surface area contributed by atoms with Crippen molar-refractivity contribution in [3.8, 4) is 5.69 Å². The van der Waals surface area contributed by atoms with E-state index in [0.717, 1.165) is 0 Å². The first-order valence-corrected chi connectivity index (χ1v) is 8.44. The molecule has 0 spiro atoms. The molecule has 1 saturated heterocycles. The van der Waals surface area contributed by atoms with Gasteiger partial charge in [0.05, 0.1) is 11.4 Å². The fourth-order valence-corrected chi connectivity index (χ4v) is 3.97. The fourth-order valence-electron chi connectivity index (χ4n) is 2.42. The lowest BCUT2D eigenvalue weighted by atomic mass is 10.0. The zero-order valence-corrected chi connectivity index (χ0v) is 12.8. The van der Waals surface area contributed by atoms with Crippen LogP contribution in [-0.4, -0.2) is 58.3 Å². The molecule has 0 atom stereocenters. The van der Waals surface area contributed by atoms with Gasteiger partial charge in [0.25, 0.3) is 5.16 Å². The SMILES string of the molecule is CC(=O)N1CC(CS(=O)(=O)c2nnnn2-c2ccccc2)C1. The quantitative estimate of drug-likeness (QED) is 0.781.